The minimum Gasteiger partial charge on any atom is -0.489 e. The molecule has 1 N–H and O–H groups in total. The molecule has 0 aromatic rings. The number of allylic oxidation sites excluding steroid dienone is 2. The van der Waals surface area contributed by atoms with Gasteiger partial charge in [-0.25, -0.2) is 0 Å². The minimum atomic E-state index is -0.399. The molecule has 0 radical (unpaired) electrons. The van der Waals surface area contributed by atoms with Gasteiger partial charge in [0.15, 0.2) is 5.76 Å². The maximum Gasteiger partial charge on any atom is 0.305 e. The third-order valence-corrected chi connectivity index (χ3v) is 4.59. The largest absolute Gasteiger partial charge is 0.489 e. The van der Waals surface area contributed by atoms with Crippen LogP contribution in [0.3, 0.4) is 0 Å². The zero-order chi connectivity index (χ0) is 23.1. The van der Waals surface area contributed by atoms with Crippen LogP contribution in [0.25, 0.3) is 0 Å². The molecular weight excluding hydrogens is 402 g/mol. The SMILES string of the molecule is CCCCOC(=O)CCCNC1=CC(=O)C(OCCCC(=O)OCCCC)=C(C)C1=O. The summed E-state index contributed by atoms with van der Waals surface area (Å²) in [5, 5.41) is 2.91. The highest BCUT2D eigenvalue weighted by molar-refractivity contribution is 6.21. The van der Waals surface area contributed by atoms with E-state index >= 15 is 0 Å². The fourth-order valence-electron chi connectivity index (χ4n) is 2.71. The van der Waals surface area contributed by atoms with Crippen LogP contribution in [0.1, 0.15) is 72.1 Å². The fourth-order valence-corrected chi connectivity index (χ4v) is 2.71. The second kappa shape index (κ2) is 15.2. The van der Waals surface area contributed by atoms with Crippen molar-refractivity contribution in [1.29, 1.82) is 0 Å². The van der Waals surface area contributed by atoms with Crippen molar-refractivity contribution >= 4 is 23.5 Å². The van der Waals surface area contributed by atoms with E-state index < -0.39 is 5.78 Å². The fraction of sp³-hybridized carbons (Fsp3) is 0.652. The molecule has 0 atom stereocenters. The summed E-state index contributed by atoms with van der Waals surface area (Å²) in [6.45, 7) is 6.92. The normalized spacial score (nSPS) is 13.7. The molecule has 0 bridgehead atoms. The van der Waals surface area contributed by atoms with Crippen LogP contribution in [0.5, 0.6) is 0 Å². The second-order valence-electron chi connectivity index (χ2n) is 7.34. The molecule has 8 heteroatoms. The molecular formula is C23H35NO7. The molecule has 0 amide bonds. The Balaban J connectivity index is 2.36. The van der Waals surface area contributed by atoms with Gasteiger partial charge in [-0.05, 0) is 32.6 Å². The third kappa shape index (κ3) is 10.3. The van der Waals surface area contributed by atoms with Crippen molar-refractivity contribution in [3.05, 3.63) is 23.1 Å². The van der Waals surface area contributed by atoms with Crippen molar-refractivity contribution < 1.29 is 33.4 Å². The number of nitrogens with one attached hydrogen (secondary N) is 1. The van der Waals surface area contributed by atoms with Gasteiger partial charge in [-0.2, -0.15) is 0 Å². The Morgan fingerprint density at radius 3 is 2.03 bits per heavy atom. The Bertz CT molecular complexity index is 694. The molecule has 0 fully saturated rings. The van der Waals surface area contributed by atoms with Gasteiger partial charge in [0.1, 0.15) is 0 Å². The Labute approximate surface area is 184 Å². The second-order valence-corrected chi connectivity index (χ2v) is 7.34. The summed E-state index contributed by atoms with van der Waals surface area (Å²) >= 11 is 0. The number of unbranched alkanes of at least 4 members (excludes halogenated alkanes) is 2. The molecule has 0 aliphatic heterocycles. The summed E-state index contributed by atoms with van der Waals surface area (Å²) in [4.78, 5) is 48.0. The molecule has 0 heterocycles. The quantitative estimate of drug-likeness (QED) is 0.223. The molecule has 8 nitrogen and oxygen atoms in total. The summed E-state index contributed by atoms with van der Waals surface area (Å²) in [5.41, 5.74) is 0.410. The number of ketones is 2. The lowest BCUT2D eigenvalue weighted by Crippen LogP contribution is -2.29. The van der Waals surface area contributed by atoms with Gasteiger partial charge in [0, 0.05) is 31.0 Å². The molecule has 0 spiro atoms. The summed E-state index contributed by atoms with van der Waals surface area (Å²) in [6, 6.07) is 0. The van der Waals surface area contributed by atoms with E-state index in [0.29, 0.717) is 32.6 Å². The Kier molecular flexibility index (Phi) is 12.9. The monoisotopic (exact) mass is 437 g/mol. The van der Waals surface area contributed by atoms with Crippen LogP contribution < -0.4 is 5.32 Å². The smallest absolute Gasteiger partial charge is 0.305 e. The third-order valence-electron chi connectivity index (χ3n) is 4.59. The number of carbonyl (C=O) groups is 4. The van der Waals surface area contributed by atoms with Gasteiger partial charge in [0.25, 0.3) is 0 Å². The predicted octanol–water partition coefficient (Wildman–Crippen LogP) is 3.15. The van der Waals surface area contributed by atoms with Crippen LogP contribution in [0.2, 0.25) is 0 Å². The first-order chi connectivity index (χ1) is 14.9. The number of esters is 2. The molecule has 31 heavy (non-hydrogen) atoms. The molecule has 1 aliphatic rings. The molecule has 174 valence electrons. The number of hydrogen-bond donors (Lipinski definition) is 1. The van der Waals surface area contributed by atoms with E-state index in [0.717, 1.165) is 25.7 Å². The average molecular weight is 438 g/mol. The summed E-state index contributed by atoms with van der Waals surface area (Å²) in [6.07, 6.45) is 6.13. The van der Waals surface area contributed by atoms with E-state index in [1.165, 1.54) is 13.0 Å². The Morgan fingerprint density at radius 1 is 0.871 bits per heavy atom. The van der Waals surface area contributed by atoms with Crippen LogP contribution in [0, 0.1) is 0 Å². The molecule has 0 aromatic heterocycles. The van der Waals surface area contributed by atoms with Crippen molar-refractivity contribution in [1.82, 2.24) is 5.32 Å². The van der Waals surface area contributed by atoms with Gasteiger partial charge in [-0.1, -0.05) is 26.7 Å². The molecule has 0 saturated carbocycles. The number of hydrogen-bond acceptors (Lipinski definition) is 8. The van der Waals surface area contributed by atoms with E-state index in [9.17, 15) is 19.2 Å². The molecule has 0 unspecified atom stereocenters. The predicted molar refractivity (Wildman–Crippen MR) is 115 cm³/mol. The molecule has 0 saturated heterocycles. The first-order valence-electron chi connectivity index (χ1n) is 11.1. The first kappa shape index (κ1) is 26.4. The molecule has 0 aromatic carbocycles. The number of rotatable bonds is 16. The van der Waals surface area contributed by atoms with E-state index in [4.69, 9.17) is 14.2 Å². The minimum absolute atomic E-state index is 0.00871. The number of ether oxygens (including phenoxy) is 3. The van der Waals surface area contributed by atoms with E-state index in [2.05, 4.69) is 5.32 Å². The van der Waals surface area contributed by atoms with Gasteiger partial charge in [0.05, 0.1) is 25.5 Å². The van der Waals surface area contributed by atoms with Crippen LogP contribution in [0.15, 0.2) is 23.1 Å². The highest BCUT2D eigenvalue weighted by atomic mass is 16.5. The van der Waals surface area contributed by atoms with Gasteiger partial charge in [0.2, 0.25) is 11.6 Å². The van der Waals surface area contributed by atoms with Crippen molar-refractivity contribution in [2.45, 2.75) is 72.1 Å². The summed E-state index contributed by atoms with van der Waals surface area (Å²) in [7, 11) is 0. The van der Waals surface area contributed by atoms with Crippen molar-refractivity contribution in [2.24, 2.45) is 0 Å². The highest BCUT2D eigenvalue weighted by Gasteiger charge is 2.27. The van der Waals surface area contributed by atoms with Crippen molar-refractivity contribution in [2.75, 3.05) is 26.4 Å². The Hall–Kier alpha value is -2.64. The standard InChI is InChI=1S/C23H35NO7/c1-4-6-13-29-20(26)10-8-12-24-18-16-19(25)23(17(3)22(18)28)31-15-9-11-21(27)30-14-7-5-2/h16,24H,4-15H2,1-3H3. The van der Waals surface area contributed by atoms with Gasteiger partial charge in [-0.15, -0.1) is 0 Å². The van der Waals surface area contributed by atoms with Gasteiger partial charge >= 0.3 is 11.9 Å². The summed E-state index contributed by atoms with van der Waals surface area (Å²) in [5.74, 6) is -1.27. The number of Topliss-reactive ketones (excluding diaryl/α,β-unsaturated/α-hetero) is 1. The lowest BCUT2D eigenvalue weighted by Gasteiger charge is -2.18. The van der Waals surface area contributed by atoms with Gasteiger partial charge < -0.3 is 19.5 Å². The van der Waals surface area contributed by atoms with Crippen LogP contribution in [-0.2, 0) is 33.4 Å². The van der Waals surface area contributed by atoms with Crippen LogP contribution >= 0.6 is 0 Å². The zero-order valence-electron chi connectivity index (χ0n) is 18.9. The lowest BCUT2D eigenvalue weighted by molar-refractivity contribution is -0.144. The lowest BCUT2D eigenvalue weighted by atomic mass is 10.00. The number of carbonyl (C=O) groups excluding carboxylic acids is 4. The van der Waals surface area contributed by atoms with Crippen LogP contribution in [0.4, 0.5) is 0 Å². The van der Waals surface area contributed by atoms with Gasteiger partial charge in [-0.3, -0.25) is 19.2 Å². The Morgan fingerprint density at radius 2 is 1.45 bits per heavy atom. The molecule has 1 rings (SSSR count). The van der Waals surface area contributed by atoms with E-state index in [-0.39, 0.29) is 54.2 Å². The molecule has 1 aliphatic carbocycles. The van der Waals surface area contributed by atoms with E-state index in [1.807, 2.05) is 13.8 Å². The van der Waals surface area contributed by atoms with E-state index in [1.54, 1.807) is 0 Å². The maximum atomic E-state index is 12.5. The average Bonchev–Trinajstić information content (AvgIpc) is 2.74. The zero-order valence-corrected chi connectivity index (χ0v) is 18.9. The first-order valence-corrected chi connectivity index (χ1v) is 11.1. The topological polar surface area (TPSA) is 108 Å². The van der Waals surface area contributed by atoms with Crippen molar-refractivity contribution in [3.8, 4) is 0 Å². The van der Waals surface area contributed by atoms with Crippen LogP contribution in [-0.4, -0.2) is 49.9 Å². The highest BCUT2D eigenvalue weighted by Crippen LogP contribution is 2.19. The maximum absolute atomic E-state index is 12.5. The van der Waals surface area contributed by atoms with Crippen molar-refractivity contribution in [3.63, 3.8) is 0 Å². The summed E-state index contributed by atoms with van der Waals surface area (Å²) < 4.78 is 15.6.